The smallest absolute Gasteiger partial charge is 0.118 e. The first kappa shape index (κ1) is 16.0. The highest BCUT2D eigenvalue weighted by Gasteiger charge is 2.16. The van der Waals surface area contributed by atoms with Crippen molar-refractivity contribution in [3.05, 3.63) is 29.8 Å². The second-order valence-electron chi connectivity index (χ2n) is 5.82. The SMILES string of the molecule is COc1ccc(C(N)CN(CC(C)C)C(C)C)cc1. The fraction of sp³-hybridized carbons (Fsp3) is 0.625. The van der Waals surface area contributed by atoms with Crippen LogP contribution < -0.4 is 10.5 Å². The summed E-state index contributed by atoms with van der Waals surface area (Å²) in [6.07, 6.45) is 0. The summed E-state index contributed by atoms with van der Waals surface area (Å²) in [4.78, 5) is 2.44. The number of nitrogens with two attached hydrogens (primary N) is 1. The molecule has 0 fully saturated rings. The molecule has 0 radical (unpaired) electrons. The summed E-state index contributed by atoms with van der Waals surface area (Å²) in [5.74, 6) is 1.53. The average molecular weight is 264 g/mol. The first-order valence-electron chi connectivity index (χ1n) is 7.07. The molecular weight excluding hydrogens is 236 g/mol. The van der Waals surface area contributed by atoms with Crippen LogP contribution in [0.25, 0.3) is 0 Å². The molecule has 0 spiro atoms. The largest absolute Gasteiger partial charge is 0.497 e. The Morgan fingerprint density at radius 1 is 1.05 bits per heavy atom. The first-order chi connectivity index (χ1) is 8.93. The second-order valence-corrected chi connectivity index (χ2v) is 5.82. The molecule has 1 atom stereocenters. The Balaban J connectivity index is 2.66. The third kappa shape index (κ3) is 5.21. The van der Waals surface area contributed by atoms with Gasteiger partial charge in [0.2, 0.25) is 0 Å². The Labute approximate surface area is 117 Å². The van der Waals surface area contributed by atoms with E-state index in [2.05, 4.69) is 44.7 Å². The standard InChI is InChI=1S/C16H28N2O/c1-12(2)10-18(13(3)4)11-16(17)14-6-8-15(19-5)9-7-14/h6-9,12-13,16H,10-11,17H2,1-5H3. The molecule has 108 valence electrons. The van der Waals surface area contributed by atoms with Crippen molar-refractivity contribution in [1.82, 2.24) is 4.90 Å². The summed E-state index contributed by atoms with van der Waals surface area (Å²) in [7, 11) is 1.68. The van der Waals surface area contributed by atoms with Crippen molar-refractivity contribution in [2.45, 2.75) is 39.8 Å². The number of nitrogens with zero attached hydrogens (tertiary/aromatic N) is 1. The van der Waals surface area contributed by atoms with Gasteiger partial charge in [-0.05, 0) is 37.5 Å². The zero-order valence-corrected chi connectivity index (χ0v) is 12.9. The van der Waals surface area contributed by atoms with Crippen molar-refractivity contribution in [3.63, 3.8) is 0 Å². The molecule has 0 bridgehead atoms. The number of rotatable bonds is 7. The van der Waals surface area contributed by atoms with Gasteiger partial charge in [-0.2, -0.15) is 0 Å². The Morgan fingerprint density at radius 2 is 1.63 bits per heavy atom. The summed E-state index contributed by atoms with van der Waals surface area (Å²) in [6.45, 7) is 10.9. The van der Waals surface area contributed by atoms with Crippen LogP contribution in [-0.2, 0) is 0 Å². The summed E-state index contributed by atoms with van der Waals surface area (Å²) in [5.41, 5.74) is 7.48. The Hall–Kier alpha value is -1.06. The fourth-order valence-corrected chi connectivity index (χ4v) is 2.17. The first-order valence-corrected chi connectivity index (χ1v) is 7.07. The molecule has 0 saturated carbocycles. The monoisotopic (exact) mass is 264 g/mol. The maximum atomic E-state index is 6.32. The molecule has 0 aliphatic rings. The Bertz CT molecular complexity index is 360. The van der Waals surface area contributed by atoms with E-state index < -0.39 is 0 Å². The van der Waals surface area contributed by atoms with E-state index in [1.54, 1.807) is 7.11 Å². The summed E-state index contributed by atoms with van der Waals surface area (Å²) >= 11 is 0. The molecule has 0 saturated heterocycles. The molecule has 19 heavy (non-hydrogen) atoms. The van der Waals surface area contributed by atoms with Crippen LogP contribution in [0.1, 0.15) is 39.3 Å². The predicted octanol–water partition coefficient (Wildman–Crippen LogP) is 3.06. The van der Waals surface area contributed by atoms with E-state index >= 15 is 0 Å². The van der Waals surface area contributed by atoms with Crippen molar-refractivity contribution < 1.29 is 4.74 Å². The zero-order valence-electron chi connectivity index (χ0n) is 12.9. The molecule has 1 unspecified atom stereocenters. The van der Waals surface area contributed by atoms with Crippen molar-refractivity contribution >= 4 is 0 Å². The number of ether oxygens (including phenoxy) is 1. The fourth-order valence-electron chi connectivity index (χ4n) is 2.17. The lowest BCUT2D eigenvalue weighted by Gasteiger charge is -2.30. The van der Waals surface area contributed by atoms with Gasteiger partial charge in [0.05, 0.1) is 7.11 Å². The molecule has 0 aliphatic carbocycles. The van der Waals surface area contributed by atoms with Gasteiger partial charge in [0.25, 0.3) is 0 Å². The maximum absolute atomic E-state index is 6.32. The van der Waals surface area contributed by atoms with Crippen molar-refractivity contribution in [1.29, 1.82) is 0 Å². The van der Waals surface area contributed by atoms with E-state index in [0.29, 0.717) is 12.0 Å². The van der Waals surface area contributed by atoms with Crippen molar-refractivity contribution in [2.24, 2.45) is 11.7 Å². The minimum Gasteiger partial charge on any atom is -0.497 e. The van der Waals surface area contributed by atoms with Crippen molar-refractivity contribution in [3.8, 4) is 5.75 Å². The molecule has 0 heterocycles. The van der Waals surface area contributed by atoms with E-state index in [4.69, 9.17) is 10.5 Å². The maximum Gasteiger partial charge on any atom is 0.118 e. The number of methoxy groups -OCH3 is 1. The molecule has 0 amide bonds. The zero-order chi connectivity index (χ0) is 14.4. The van der Waals surface area contributed by atoms with E-state index in [1.165, 1.54) is 0 Å². The van der Waals surface area contributed by atoms with E-state index in [9.17, 15) is 0 Å². The van der Waals surface area contributed by atoms with Gasteiger partial charge in [-0.15, -0.1) is 0 Å². The van der Waals surface area contributed by atoms with Crippen LogP contribution >= 0.6 is 0 Å². The second kappa shape index (κ2) is 7.51. The third-order valence-electron chi connectivity index (χ3n) is 3.31. The van der Waals surface area contributed by atoms with Gasteiger partial charge in [0.15, 0.2) is 0 Å². The quantitative estimate of drug-likeness (QED) is 0.822. The molecule has 1 aromatic carbocycles. The van der Waals surface area contributed by atoms with Gasteiger partial charge in [-0.25, -0.2) is 0 Å². The molecule has 0 aromatic heterocycles. The third-order valence-corrected chi connectivity index (χ3v) is 3.31. The van der Waals surface area contributed by atoms with Crippen LogP contribution in [0.3, 0.4) is 0 Å². The summed E-state index contributed by atoms with van der Waals surface area (Å²) < 4.78 is 5.17. The van der Waals surface area contributed by atoms with E-state index in [0.717, 1.165) is 24.4 Å². The number of benzene rings is 1. The van der Waals surface area contributed by atoms with Crippen LogP contribution in [-0.4, -0.2) is 31.1 Å². The number of hydrogen-bond donors (Lipinski definition) is 1. The van der Waals surface area contributed by atoms with Gasteiger partial charge in [-0.3, -0.25) is 4.90 Å². The Kier molecular flexibility index (Phi) is 6.32. The van der Waals surface area contributed by atoms with Crippen LogP contribution in [0.15, 0.2) is 24.3 Å². The van der Waals surface area contributed by atoms with Gasteiger partial charge in [0, 0.05) is 25.2 Å². The lowest BCUT2D eigenvalue weighted by atomic mass is 10.1. The van der Waals surface area contributed by atoms with E-state index in [-0.39, 0.29) is 6.04 Å². The normalized spacial score (nSPS) is 13.3. The minimum absolute atomic E-state index is 0.0482. The van der Waals surface area contributed by atoms with Crippen molar-refractivity contribution in [2.75, 3.05) is 20.2 Å². The average Bonchev–Trinajstić information content (AvgIpc) is 2.37. The molecule has 1 aromatic rings. The topological polar surface area (TPSA) is 38.5 Å². The van der Waals surface area contributed by atoms with Gasteiger partial charge in [-0.1, -0.05) is 26.0 Å². The molecule has 3 nitrogen and oxygen atoms in total. The molecule has 2 N–H and O–H groups in total. The van der Waals surface area contributed by atoms with E-state index in [1.807, 2.05) is 12.1 Å². The molecule has 1 rings (SSSR count). The molecule has 0 aliphatic heterocycles. The number of hydrogen-bond acceptors (Lipinski definition) is 3. The van der Waals surface area contributed by atoms with Gasteiger partial charge < -0.3 is 10.5 Å². The highest BCUT2D eigenvalue weighted by molar-refractivity contribution is 5.29. The van der Waals surface area contributed by atoms with Crippen LogP contribution in [0, 0.1) is 5.92 Å². The molecule has 3 heteroatoms. The van der Waals surface area contributed by atoms with Crippen LogP contribution in [0.2, 0.25) is 0 Å². The lowest BCUT2D eigenvalue weighted by Crippen LogP contribution is -2.39. The summed E-state index contributed by atoms with van der Waals surface area (Å²) in [5, 5.41) is 0. The highest BCUT2D eigenvalue weighted by atomic mass is 16.5. The highest BCUT2D eigenvalue weighted by Crippen LogP contribution is 2.18. The minimum atomic E-state index is 0.0482. The Morgan fingerprint density at radius 3 is 2.05 bits per heavy atom. The van der Waals surface area contributed by atoms with Crippen LogP contribution in [0.4, 0.5) is 0 Å². The lowest BCUT2D eigenvalue weighted by molar-refractivity contribution is 0.186. The van der Waals surface area contributed by atoms with Crippen LogP contribution in [0.5, 0.6) is 5.75 Å². The van der Waals surface area contributed by atoms with Gasteiger partial charge in [0.1, 0.15) is 5.75 Å². The molecular formula is C16H28N2O. The predicted molar refractivity (Wildman–Crippen MR) is 81.5 cm³/mol. The summed E-state index contributed by atoms with van der Waals surface area (Å²) in [6, 6.07) is 8.61. The van der Waals surface area contributed by atoms with Gasteiger partial charge >= 0.3 is 0 Å².